The second-order valence-electron chi connectivity index (χ2n) is 4.60. The van der Waals surface area contributed by atoms with Crippen molar-refractivity contribution in [1.82, 2.24) is 9.88 Å². The Morgan fingerprint density at radius 3 is 2.76 bits per heavy atom. The normalized spacial score (nSPS) is 17.7. The van der Waals surface area contributed by atoms with Crippen molar-refractivity contribution in [2.24, 2.45) is 0 Å². The summed E-state index contributed by atoms with van der Waals surface area (Å²) in [6.45, 7) is 1.49. The van der Waals surface area contributed by atoms with E-state index in [2.05, 4.69) is 10.3 Å². The summed E-state index contributed by atoms with van der Waals surface area (Å²) in [6.07, 6.45) is 0. The maximum Gasteiger partial charge on any atom is 0.267 e. The van der Waals surface area contributed by atoms with Crippen LogP contribution in [0, 0.1) is 0 Å². The molecule has 118 valence electrons. The van der Waals surface area contributed by atoms with E-state index in [1.807, 2.05) is 0 Å². The molecule has 0 bridgehead atoms. The van der Waals surface area contributed by atoms with Gasteiger partial charge in [0.2, 0.25) is 0 Å². The number of nitrogens with one attached hydrogen (secondary N) is 1. The van der Waals surface area contributed by atoms with Gasteiger partial charge in [-0.25, -0.2) is 13.4 Å². The lowest BCUT2D eigenvalue weighted by Gasteiger charge is -2.26. The molecule has 1 aromatic heterocycles. The van der Waals surface area contributed by atoms with E-state index in [0.29, 0.717) is 23.2 Å². The van der Waals surface area contributed by atoms with Crippen molar-refractivity contribution in [1.29, 1.82) is 0 Å². The molecule has 21 heavy (non-hydrogen) atoms. The molecule has 0 unspecified atom stereocenters. The Bertz CT molecular complexity index is 600. The smallest absolute Gasteiger partial charge is 0.267 e. The molecule has 8 nitrogen and oxygen atoms in total. The molecule has 1 aliphatic rings. The number of thiazole rings is 1. The van der Waals surface area contributed by atoms with Crippen LogP contribution in [0.3, 0.4) is 0 Å². The largest absolute Gasteiger partial charge is 0.383 e. The van der Waals surface area contributed by atoms with Crippen LogP contribution in [0.4, 0.5) is 10.9 Å². The molecule has 2 rings (SSSR count). The van der Waals surface area contributed by atoms with Crippen LogP contribution in [0.15, 0.2) is 0 Å². The highest BCUT2D eigenvalue weighted by atomic mass is 32.2. The quantitative estimate of drug-likeness (QED) is 0.708. The van der Waals surface area contributed by atoms with Crippen LogP contribution < -0.4 is 11.1 Å². The molecular weight excluding hydrogens is 316 g/mol. The Kier molecular flexibility index (Phi) is 5.01. The van der Waals surface area contributed by atoms with Crippen molar-refractivity contribution >= 4 is 38.0 Å². The van der Waals surface area contributed by atoms with E-state index in [9.17, 15) is 13.2 Å². The standard InChI is InChI=1S/C11H18N4O4S2/c1-19-5-2-13-11-14-9(12)8(20-11)10(16)15-3-6-21(17,18)7-4-15/h2-7,12H2,1H3,(H,13,14). The average molecular weight is 334 g/mol. The number of hydrogen-bond donors (Lipinski definition) is 2. The summed E-state index contributed by atoms with van der Waals surface area (Å²) in [5.74, 6) is -0.106. The Hall–Kier alpha value is -1.39. The fourth-order valence-electron chi connectivity index (χ4n) is 1.88. The van der Waals surface area contributed by atoms with E-state index >= 15 is 0 Å². The fraction of sp³-hybridized carbons (Fsp3) is 0.636. The fourth-order valence-corrected chi connectivity index (χ4v) is 3.96. The van der Waals surface area contributed by atoms with Crippen molar-refractivity contribution < 1.29 is 17.9 Å². The summed E-state index contributed by atoms with van der Waals surface area (Å²) >= 11 is 1.17. The summed E-state index contributed by atoms with van der Waals surface area (Å²) in [5, 5.41) is 3.57. The molecule has 0 saturated carbocycles. The first-order valence-corrected chi connectivity index (χ1v) is 9.05. The first kappa shape index (κ1) is 16.0. The van der Waals surface area contributed by atoms with Gasteiger partial charge in [0, 0.05) is 26.7 Å². The highest BCUT2D eigenvalue weighted by Crippen LogP contribution is 2.26. The van der Waals surface area contributed by atoms with Gasteiger partial charge in [0.25, 0.3) is 5.91 Å². The lowest BCUT2D eigenvalue weighted by molar-refractivity contribution is 0.0776. The van der Waals surface area contributed by atoms with Crippen LogP contribution in [0.2, 0.25) is 0 Å². The van der Waals surface area contributed by atoms with Crippen molar-refractivity contribution in [3.8, 4) is 0 Å². The molecule has 0 atom stereocenters. The summed E-state index contributed by atoms with van der Waals surface area (Å²) in [7, 11) is -1.42. The Morgan fingerprint density at radius 2 is 2.14 bits per heavy atom. The van der Waals surface area contributed by atoms with Crippen molar-refractivity contribution in [3.05, 3.63) is 4.88 Å². The third kappa shape index (κ3) is 4.05. The van der Waals surface area contributed by atoms with E-state index in [-0.39, 0.29) is 36.3 Å². The number of ether oxygens (including phenoxy) is 1. The average Bonchev–Trinajstić information content (AvgIpc) is 2.79. The number of carbonyl (C=O) groups is 1. The zero-order chi connectivity index (χ0) is 15.5. The Labute approximate surface area is 127 Å². The number of rotatable bonds is 5. The maximum atomic E-state index is 12.3. The zero-order valence-electron chi connectivity index (χ0n) is 11.7. The number of carbonyl (C=O) groups excluding carboxylic acids is 1. The molecule has 0 aromatic carbocycles. The molecule has 1 amide bonds. The van der Waals surface area contributed by atoms with Gasteiger partial charge in [-0.2, -0.15) is 0 Å². The summed E-state index contributed by atoms with van der Waals surface area (Å²) in [5.41, 5.74) is 5.77. The van der Waals surface area contributed by atoms with Crippen molar-refractivity contribution in [3.63, 3.8) is 0 Å². The van der Waals surface area contributed by atoms with Crippen molar-refractivity contribution in [2.75, 3.05) is 55.9 Å². The van der Waals surface area contributed by atoms with Gasteiger partial charge in [-0.15, -0.1) is 0 Å². The molecule has 10 heteroatoms. The van der Waals surface area contributed by atoms with Gasteiger partial charge in [-0.05, 0) is 0 Å². The molecule has 2 heterocycles. The van der Waals surface area contributed by atoms with Gasteiger partial charge in [-0.3, -0.25) is 4.79 Å². The second kappa shape index (κ2) is 6.58. The summed E-state index contributed by atoms with van der Waals surface area (Å²) in [4.78, 5) is 18.3. The van der Waals surface area contributed by atoms with Gasteiger partial charge in [0.15, 0.2) is 15.0 Å². The lowest BCUT2D eigenvalue weighted by Crippen LogP contribution is -2.43. The van der Waals surface area contributed by atoms with E-state index in [1.165, 1.54) is 16.2 Å². The predicted octanol–water partition coefficient (Wildman–Crippen LogP) is -0.346. The van der Waals surface area contributed by atoms with Crippen LogP contribution in [-0.2, 0) is 14.6 Å². The van der Waals surface area contributed by atoms with Crippen LogP contribution in [0.1, 0.15) is 9.67 Å². The highest BCUT2D eigenvalue weighted by molar-refractivity contribution is 7.91. The topological polar surface area (TPSA) is 115 Å². The minimum atomic E-state index is -3.01. The number of hydrogen-bond acceptors (Lipinski definition) is 8. The Morgan fingerprint density at radius 1 is 1.48 bits per heavy atom. The maximum absolute atomic E-state index is 12.3. The monoisotopic (exact) mass is 334 g/mol. The highest BCUT2D eigenvalue weighted by Gasteiger charge is 2.28. The lowest BCUT2D eigenvalue weighted by atomic mass is 10.4. The number of nitrogen functional groups attached to an aromatic ring is 1. The first-order valence-electron chi connectivity index (χ1n) is 6.42. The predicted molar refractivity (Wildman–Crippen MR) is 81.4 cm³/mol. The number of anilines is 2. The third-order valence-electron chi connectivity index (χ3n) is 3.06. The molecule has 1 fully saturated rings. The van der Waals surface area contributed by atoms with E-state index in [0.717, 1.165) is 0 Å². The van der Waals surface area contributed by atoms with Gasteiger partial charge in [0.05, 0.1) is 18.1 Å². The van der Waals surface area contributed by atoms with Gasteiger partial charge in [0.1, 0.15) is 10.7 Å². The number of amides is 1. The first-order chi connectivity index (χ1) is 9.93. The summed E-state index contributed by atoms with van der Waals surface area (Å²) < 4.78 is 27.7. The minimum absolute atomic E-state index is 0.00358. The van der Waals surface area contributed by atoms with Crippen LogP contribution in [-0.4, -0.2) is 69.1 Å². The zero-order valence-corrected chi connectivity index (χ0v) is 13.3. The molecule has 0 radical (unpaired) electrons. The van der Waals surface area contributed by atoms with E-state index < -0.39 is 9.84 Å². The van der Waals surface area contributed by atoms with Crippen LogP contribution in [0.5, 0.6) is 0 Å². The molecular formula is C11H18N4O4S2. The molecule has 0 aliphatic carbocycles. The van der Waals surface area contributed by atoms with Crippen LogP contribution in [0.25, 0.3) is 0 Å². The number of sulfone groups is 1. The SMILES string of the molecule is COCCNc1nc(N)c(C(=O)N2CCS(=O)(=O)CC2)s1. The summed E-state index contributed by atoms with van der Waals surface area (Å²) in [6, 6.07) is 0. The third-order valence-corrected chi connectivity index (χ3v) is 5.69. The number of methoxy groups -OCH3 is 1. The minimum Gasteiger partial charge on any atom is -0.383 e. The molecule has 3 N–H and O–H groups in total. The molecule has 0 spiro atoms. The van der Waals surface area contributed by atoms with Crippen LogP contribution >= 0.6 is 11.3 Å². The Balaban J connectivity index is 2.02. The second-order valence-corrected chi connectivity index (χ2v) is 7.90. The number of nitrogens with two attached hydrogens (primary N) is 1. The molecule has 1 saturated heterocycles. The molecule has 1 aromatic rings. The van der Waals surface area contributed by atoms with Gasteiger partial charge < -0.3 is 20.7 Å². The number of aromatic nitrogens is 1. The number of nitrogens with zero attached hydrogens (tertiary/aromatic N) is 2. The van der Waals surface area contributed by atoms with Gasteiger partial charge in [-0.1, -0.05) is 11.3 Å². The van der Waals surface area contributed by atoms with Crippen molar-refractivity contribution in [2.45, 2.75) is 0 Å². The van der Waals surface area contributed by atoms with E-state index in [4.69, 9.17) is 10.5 Å². The molecule has 1 aliphatic heterocycles. The van der Waals surface area contributed by atoms with Gasteiger partial charge >= 0.3 is 0 Å². The van der Waals surface area contributed by atoms with E-state index in [1.54, 1.807) is 7.11 Å².